The predicted molar refractivity (Wildman–Crippen MR) is 85.8 cm³/mol. The Morgan fingerprint density at radius 3 is 2.57 bits per heavy atom. The van der Waals surface area contributed by atoms with Crippen LogP contribution in [0.15, 0.2) is 42.5 Å². The predicted octanol–water partition coefficient (Wildman–Crippen LogP) is 4.99. The lowest BCUT2D eigenvalue weighted by Crippen LogP contribution is -2.34. The van der Waals surface area contributed by atoms with Gasteiger partial charge >= 0.3 is 0 Å². The second kappa shape index (κ2) is 6.35. The molecule has 1 nitrogen and oxygen atoms in total. The van der Waals surface area contributed by atoms with E-state index in [4.69, 9.17) is 23.2 Å². The maximum absolute atomic E-state index is 14.1. The van der Waals surface area contributed by atoms with E-state index in [0.717, 1.165) is 30.6 Å². The molecule has 1 heterocycles. The maximum Gasteiger partial charge on any atom is 0.126 e. The summed E-state index contributed by atoms with van der Waals surface area (Å²) in [5.74, 6) is 0.132. The molecule has 1 saturated heterocycles. The van der Waals surface area contributed by atoms with Crippen LogP contribution in [0.5, 0.6) is 0 Å². The molecule has 0 spiro atoms. The van der Waals surface area contributed by atoms with Gasteiger partial charge < -0.3 is 5.32 Å². The Hall–Kier alpha value is -1.09. The Bertz CT molecular complexity index is 644. The van der Waals surface area contributed by atoms with Gasteiger partial charge in [0, 0.05) is 22.5 Å². The molecule has 3 rings (SSSR count). The van der Waals surface area contributed by atoms with E-state index in [1.54, 1.807) is 12.1 Å². The van der Waals surface area contributed by atoms with Crippen LogP contribution in [-0.4, -0.2) is 13.1 Å². The third kappa shape index (κ3) is 3.08. The van der Waals surface area contributed by atoms with Crippen LogP contribution in [0.25, 0.3) is 0 Å². The first-order valence-corrected chi connectivity index (χ1v) is 7.82. The molecule has 1 aliphatic rings. The van der Waals surface area contributed by atoms with Crippen LogP contribution in [0.4, 0.5) is 4.39 Å². The minimum Gasteiger partial charge on any atom is -0.316 e. The van der Waals surface area contributed by atoms with E-state index in [-0.39, 0.29) is 17.7 Å². The van der Waals surface area contributed by atoms with Gasteiger partial charge in [0.2, 0.25) is 0 Å². The monoisotopic (exact) mass is 323 g/mol. The fraction of sp³-hybridized carbons (Fsp3) is 0.294. The van der Waals surface area contributed by atoms with Crippen LogP contribution in [0.2, 0.25) is 10.0 Å². The largest absolute Gasteiger partial charge is 0.316 e. The quantitative estimate of drug-likeness (QED) is 0.820. The summed E-state index contributed by atoms with van der Waals surface area (Å²) in [6.07, 6.45) is 0.931. The number of hydrogen-bond acceptors (Lipinski definition) is 1. The van der Waals surface area contributed by atoms with E-state index in [0.29, 0.717) is 10.0 Å². The molecule has 0 saturated carbocycles. The number of benzene rings is 2. The number of halogens is 3. The summed E-state index contributed by atoms with van der Waals surface area (Å²) in [6, 6.07) is 12.6. The van der Waals surface area contributed by atoms with E-state index in [1.165, 1.54) is 6.07 Å². The molecule has 0 radical (unpaired) electrons. The Morgan fingerprint density at radius 1 is 1.00 bits per heavy atom. The van der Waals surface area contributed by atoms with Crippen LogP contribution in [0, 0.1) is 5.82 Å². The number of hydrogen-bond donors (Lipinski definition) is 1. The molecule has 110 valence electrons. The van der Waals surface area contributed by atoms with E-state index in [9.17, 15) is 4.39 Å². The summed E-state index contributed by atoms with van der Waals surface area (Å²) in [7, 11) is 0. The van der Waals surface area contributed by atoms with E-state index in [1.807, 2.05) is 24.3 Å². The van der Waals surface area contributed by atoms with Gasteiger partial charge in [-0.15, -0.1) is 0 Å². The average Bonchev–Trinajstić information content (AvgIpc) is 2.48. The first kappa shape index (κ1) is 14.8. The Morgan fingerprint density at radius 2 is 1.81 bits per heavy atom. The first-order chi connectivity index (χ1) is 10.2. The van der Waals surface area contributed by atoms with Gasteiger partial charge in [-0.05, 0) is 48.2 Å². The molecule has 1 fully saturated rings. The standard InChI is InChI=1S/C17H16Cl2FN/c18-11-5-6-13(16(19)9-11)12-7-8-21-10-15(12)14-3-1-2-4-17(14)20/h1-6,9,12,15,21H,7-8,10H2. The van der Waals surface area contributed by atoms with Crippen molar-refractivity contribution in [1.29, 1.82) is 0 Å². The third-order valence-corrected chi connectivity index (χ3v) is 4.71. The van der Waals surface area contributed by atoms with Crippen LogP contribution in [0.1, 0.15) is 29.4 Å². The fourth-order valence-electron chi connectivity index (χ4n) is 3.14. The molecule has 2 aromatic carbocycles. The van der Waals surface area contributed by atoms with Gasteiger partial charge in [-0.25, -0.2) is 4.39 Å². The lowest BCUT2D eigenvalue weighted by molar-refractivity contribution is 0.394. The molecule has 2 aromatic rings. The fourth-order valence-corrected chi connectivity index (χ4v) is 3.68. The molecule has 2 unspecified atom stereocenters. The van der Waals surface area contributed by atoms with Crippen LogP contribution in [-0.2, 0) is 0 Å². The molecule has 0 aliphatic carbocycles. The van der Waals surface area contributed by atoms with Gasteiger partial charge in [0.05, 0.1) is 0 Å². The van der Waals surface area contributed by atoms with E-state index >= 15 is 0 Å². The van der Waals surface area contributed by atoms with Crippen LogP contribution in [0.3, 0.4) is 0 Å². The molecular formula is C17H16Cl2FN. The molecule has 4 heteroatoms. The minimum atomic E-state index is -0.152. The highest BCUT2D eigenvalue weighted by Crippen LogP contribution is 2.41. The Balaban J connectivity index is 2.00. The van der Waals surface area contributed by atoms with Crippen LogP contribution >= 0.6 is 23.2 Å². The summed E-state index contributed by atoms with van der Waals surface area (Å²) in [5, 5.41) is 4.64. The Labute approximate surface area is 134 Å². The second-order valence-corrected chi connectivity index (χ2v) is 6.24. The van der Waals surface area contributed by atoms with Crippen molar-refractivity contribution >= 4 is 23.2 Å². The highest BCUT2D eigenvalue weighted by atomic mass is 35.5. The topological polar surface area (TPSA) is 12.0 Å². The average molecular weight is 324 g/mol. The van der Waals surface area contributed by atoms with Crippen molar-refractivity contribution in [3.05, 3.63) is 69.5 Å². The van der Waals surface area contributed by atoms with E-state index < -0.39 is 0 Å². The van der Waals surface area contributed by atoms with Crippen molar-refractivity contribution < 1.29 is 4.39 Å². The van der Waals surface area contributed by atoms with Gasteiger partial charge in [0.15, 0.2) is 0 Å². The summed E-state index contributed by atoms with van der Waals surface area (Å²) in [4.78, 5) is 0. The lowest BCUT2D eigenvalue weighted by atomic mass is 9.77. The minimum absolute atomic E-state index is 0.0821. The highest BCUT2D eigenvalue weighted by molar-refractivity contribution is 6.35. The SMILES string of the molecule is Fc1ccccc1C1CNCCC1c1ccc(Cl)cc1Cl. The van der Waals surface area contributed by atoms with Gasteiger partial charge in [0.1, 0.15) is 5.82 Å². The molecule has 0 bridgehead atoms. The molecule has 0 aromatic heterocycles. The maximum atomic E-state index is 14.1. The number of nitrogens with one attached hydrogen (secondary N) is 1. The summed E-state index contributed by atoms with van der Waals surface area (Å²) in [5.41, 5.74) is 1.80. The summed E-state index contributed by atoms with van der Waals surface area (Å²) < 4.78 is 14.1. The Kier molecular flexibility index (Phi) is 4.48. The smallest absolute Gasteiger partial charge is 0.126 e. The van der Waals surface area contributed by atoms with Crippen molar-refractivity contribution in [2.75, 3.05) is 13.1 Å². The molecular weight excluding hydrogens is 308 g/mol. The second-order valence-electron chi connectivity index (χ2n) is 5.39. The summed E-state index contributed by atoms with van der Waals surface area (Å²) in [6.45, 7) is 1.67. The van der Waals surface area contributed by atoms with Gasteiger partial charge in [-0.1, -0.05) is 47.5 Å². The molecule has 1 aliphatic heterocycles. The van der Waals surface area contributed by atoms with Crippen molar-refractivity contribution in [3.63, 3.8) is 0 Å². The molecule has 2 atom stereocenters. The molecule has 21 heavy (non-hydrogen) atoms. The van der Waals surface area contributed by atoms with Crippen molar-refractivity contribution in [2.24, 2.45) is 0 Å². The van der Waals surface area contributed by atoms with Gasteiger partial charge in [-0.2, -0.15) is 0 Å². The van der Waals surface area contributed by atoms with Crippen molar-refractivity contribution in [3.8, 4) is 0 Å². The third-order valence-electron chi connectivity index (χ3n) is 4.15. The molecule has 0 amide bonds. The van der Waals surface area contributed by atoms with Crippen LogP contribution < -0.4 is 5.32 Å². The number of rotatable bonds is 2. The number of piperidine rings is 1. The lowest BCUT2D eigenvalue weighted by Gasteiger charge is -2.33. The highest BCUT2D eigenvalue weighted by Gasteiger charge is 2.30. The summed E-state index contributed by atoms with van der Waals surface area (Å²) >= 11 is 12.3. The molecule has 1 N–H and O–H groups in total. The van der Waals surface area contributed by atoms with Crippen molar-refractivity contribution in [1.82, 2.24) is 5.32 Å². The normalized spacial score (nSPS) is 22.2. The van der Waals surface area contributed by atoms with Crippen molar-refractivity contribution in [2.45, 2.75) is 18.3 Å². The zero-order chi connectivity index (χ0) is 14.8. The first-order valence-electron chi connectivity index (χ1n) is 7.07. The van der Waals surface area contributed by atoms with E-state index in [2.05, 4.69) is 5.32 Å². The zero-order valence-electron chi connectivity index (χ0n) is 11.5. The van der Waals surface area contributed by atoms with Gasteiger partial charge in [-0.3, -0.25) is 0 Å². The zero-order valence-corrected chi connectivity index (χ0v) is 13.0. The van der Waals surface area contributed by atoms with Gasteiger partial charge in [0.25, 0.3) is 0 Å².